The predicted octanol–water partition coefficient (Wildman–Crippen LogP) is 0.818. The van der Waals surface area contributed by atoms with Gasteiger partial charge >= 0.3 is 0 Å². The quantitative estimate of drug-likeness (QED) is 0.655. The second kappa shape index (κ2) is 6.58. The molecular weight excluding hydrogens is 188 g/mol. The highest BCUT2D eigenvalue weighted by molar-refractivity contribution is 5.14. The van der Waals surface area contributed by atoms with Crippen LogP contribution in [0.2, 0.25) is 0 Å². The molecule has 4 nitrogen and oxygen atoms in total. The Labute approximate surface area is 92.1 Å². The minimum atomic E-state index is 0.910. The zero-order chi connectivity index (χ0) is 11.1. The smallest absolute Gasteiger partial charge is 0.0638 e. The second-order valence-corrected chi connectivity index (χ2v) is 3.84. The van der Waals surface area contributed by atoms with Crippen molar-refractivity contribution in [1.29, 1.82) is 0 Å². The van der Waals surface area contributed by atoms with E-state index in [2.05, 4.69) is 28.9 Å². The fourth-order valence-electron chi connectivity index (χ4n) is 1.52. The number of aryl methyl sites for hydroxylation is 2. The van der Waals surface area contributed by atoms with Crippen LogP contribution >= 0.6 is 0 Å². The summed E-state index contributed by atoms with van der Waals surface area (Å²) in [5.74, 6) is 0. The first-order chi connectivity index (χ1) is 7.24. The van der Waals surface area contributed by atoms with Crippen LogP contribution in [-0.2, 0) is 13.6 Å². The van der Waals surface area contributed by atoms with E-state index in [1.165, 1.54) is 12.0 Å². The van der Waals surface area contributed by atoms with E-state index >= 15 is 0 Å². The van der Waals surface area contributed by atoms with Crippen LogP contribution in [-0.4, -0.2) is 29.4 Å². The van der Waals surface area contributed by atoms with Crippen LogP contribution in [0.5, 0.6) is 0 Å². The summed E-state index contributed by atoms with van der Waals surface area (Å²) in [5.41, 5.74) is 2.40. The van der Waals surface area contributed by atoms with Gasteiger partial charge in [-0.1, -0.05) is 6.92 Å². The maximum Gasteiger partial charge on any atom is 0.0638 e. The molecule has 86 valence electrons. The van der Waals surface area contributed by atoms with Gasteiger partial charge in [0.2, 0.25) is 0 Å². The molecule has 1 rings (SSSR count). The van der Waals surface area contributed by atoms with Gasteiger partial charge in [-0.05, 0) is 19.9 Å². The number of hydrogen-bond donors (Lipinski definition) is 2. The van der Waals surface area contributed by atoms with Gasteiger partial charge in [0.05, 0.1) is 5.69 Å². The Morgan fingerprint density at radius 3 is 2.60 bits per heavy atom. The lowest BCUT2D eigenvalue weighted by molar-refractivity contribution is 0.606. The molecule has 0 saturated carbocycles. The van der Waals surface area contributed by atoms with Crippen LogP contribution in [0, 0.1) is 6.92 Å². The standard InChI is InChI=1S/C11H22N4/c1-4-5-12-6-7-13-8-11-9-15(3)14-10(11)2/h9,12-13H,4-8H2,1-3H3. The van der Waals surface area contributed by atoms with E-state index in [4.69, 9.17) is 0 Å². The van der Waals surface area contributed by atoms with Gasteiger partial charge in [-0.15, -0.1) is 0 Å². The maximum atomic E-state index is 4.30. The highest BCUT2D eigenvalue weighted by Crippen LogP contribution is 2.02. The summed E-state index contributed by atoms with van der Waals surface area (Å²) in [6.07, 6.45) is 3.27. The maximum absolute atomic E-state index is 4.30. The van der Waals surface area contributed by atoms with Crippen molar-refractivity contribution in [3.8, 4) is 0 Å². The number of nitrogens with one attached hydrogen (secondary N) is 2. The van der Waals surface area contributed by atoms with E-state index < -0.39 is 0 Å². The average molecular weight is 210 g/mol. The molecule has 2 N–H and O–H groups in total. The first-order valence-corrected chi connectivity index (χ1v) is 5.64. The van der Waals surface area contributed by atoms with Gasteiger partial charge in [-0.3, -0.25) is 4.68 Å². The third-order valence-electron chi connectivity index (χ3n) is 2.34. The number of hydrogen-bond acceptors (Lipinski definition) is 3. The van der Waals surface area contributed by atoms with Crippen LogP contribution < -0.4 is 10.6 Å². The van der Waals surface area contributed by atoms with Crippen LogP contribution in [0.4, 0.5) is 0 Å². The molecule has 1 aromatic heterocycles. The Morgan fingerprint density at radius 2 is 2.00 bits per heavy atom. The molecule has 0 aliphatic carbocycles. The summed E-state index contributed by atoms with van der Waals surface area (Å²) < 4.78 is 1.86. The molecule has 1 heterocycles. The van der Waals surface area contributed by atoms with E-state index in [1.54, 1.807) is 0 Å². The van der Waals surface area contributed by atoms with Gasteiger partial charge in [0.15, 0.2) is 0 Å². The minimum absolute atomic E-state index is 0.910. The first kappa shape index (κ1) is 12.2. The molecule has 0 aromatic carbocycles. The fraction of sp³-hybridized carbons (Fsp3) is 0.727. The van der Waals surface area contributed by atoms with E-state index in [9.17, 15) is 0 Å². The van der Waals surface area contributed by atoms with E-state index in [0.29, 0.717) is 0 Å². The van der Waals surface area contributed by atoms with Crippen molar-refractivity contribution < 1.29 is 0 Å². The molecule has 4 heteroatoms. The van der Waals surface area contributed by atoms with Crippen LogP contribution in [0.25, 0.3) is 0 Å². The zero-order valence-electron chi connectivity index (χ0n) is 10.0. The minimum Gasteiger partial charge on any atom is -0.315 e. The lowest BCUT2D eigenvalue weighted by Crippen LogP contribution is -2.27. The highest BCUT2D eigenvalue weighted by atomic mass is 15.2. The Bertz CT molecular complexity index is 280. The van der Waals surface area contributed by atoms with Crippen molar-refractivity contribution in [2.24, 2.45) is 7.05 Å². The Hall–Kier alpha value is -0.870. The lowest BCUT2D eigenvalue weighted by atomic mass is 10.2. The van der Waals surface area contributed by atoms with Crippen molar-refractivity contribution >= 4 is 0 Å². The number of aromatic nitrogens is 2. The Balaban J connectivity index is 2.12. The molecule has 0 aliphatic rings. The van der Waals surface area contributed by atoms with Crippen LogP contribution in [0.3, 0.4) is 0 Å². The Morgan fingerprint density at radius 1 is 1.27 bits per heavy atom. The summed E-state index contributed by atoms with van der Waals surface area (Å²) in [6, 6.07) is 0. The summed E-state index contributed by atoms with van der Waals surface area (Å²) in [7, 11) is 1.96. The molecule has 0 unspecified atom stereocenters. The third-order valence-corrected chi connectivity index (χ3v) is 2.34. The van der Waals surface area contributed by atoms with E-state index in [-0.39, 0.29) is 0 Å². The lowest BCUT2D eigenvalue weighted by Gasteiger charge is -2.04. The molecule has 0 aliphatic heterocycles. The van der Waals surface area contributed by atoms with E-state index in [0.717, 1.165) is 31.9 Å². The molecule has 0 amide bonds. The molecule has 1 aromatic rings. The molecule has 15 heavy (non-hydrogen) atoms. The molecule has 0 fully saturated rings. The predicted molar refractivity (Wildman–Crippen MR) is 62.8 cm³/mol. The third kappa shape index (κ3) is 4.44. The molecule has 0 atom stereocenters. The molecule has 0 saturated heterocycles. The topological polar surface area (TPSA) is 41.9 Å². The fourth-order valence-corrected chi connectivity index (χ4v) is 1.52. The average Bonchev–Trinajstić information content (AvgIpc) is 2.51. The first-order valence-electron chi connectivity index (χ1n) is 5.64. The van der Waals surface area contributed by atoms with Gasteiger partial charge in [-0.2, -0.15) is 5.10 Å². The number of nitrogens with zero attached hydrogens (tertiary/aromatic N) is 2. The van der Waals surface area contributed by atoms with Crippen molar-refractivity contribution in [3.05, 3.63) is 17.5 Å². The monoisotopic (exact) mass is 210 g/mol. The SMILES string of the molecule is CCCNCCNCc1cn(C)nc1C. The van der Waals surface area contributed by atoms with Gasteiger partial charge in [-0.25, -0.2) is 0 Å². The summed E-state index contributed by atoms with van der Waals surface area (Å²) >= 11 is 0. The molecule has 0 radical (unpaired) electrons. The van der Waals surface area contributed by atoms with E-state index in [1.807, 2.05) is 18.7 Å². The van der Waals surface area contributed by atoms with Crippen molar-refractivity contribution in [3.63, 3.8) is 0 Å². The van der Waals surface area contributed by atoms with Gasteiger partial charge < -0.3 is 10.6 Å². The van der Waals surface area contributed by atoms with Crippen molar-refractivity contribution in [2.45, 2.75) is 26.8 Å². The molecule has 0 spiro atoms. The highest BCUT2D eigenvalue weighted by Gasteiger charge is 2.01. The molecular formula is C11H22N4. The summed E-state index contributed by atoms with van der Waals surface area (Å²) in [4.78, 5) is 0. The Kier molecular flexibility index (Phi) is 5.36. The number of rotatable bonds is 7. The van der Waals surface area contributed by atoms with Crippen LogP contribution in [0.15, 0.2) is 6.20 Å². The summed E-state index contributed by atoms with van der Waals surface area (Å²) in [6.45, 7) is 8.29. The van der Waals surface area contributed by atoms with Gasteiger partial charge in [0.25, 0.3) is 0 Å². The van der Waals surface area contributed by atoms with Gasteiger partial charge in [0.1, 0.15) is 0 Å². The zero-order valence-corrected chi connectivity index (χ0v) is 10.0. The van der Waals surface area contributed by atoms with Crippen LogP contribution in [0.1, 0.15) is 24.6 Å². The summed E-state index contributed by atoms with van der Waals surface area (Å²) in [5, 5.41) is 11.1. The van der Waals surface area contributed by atoms with Crippen molar-refractivity contribution in [1.82, 2.24) is 20.4 Å². The molecule has 0 bridgehead atoms. The van der Waals surface area contributed by atoms with Gasteiger partial charge in [0, 0.05) is 38.4 Å². The largest absolute Gasteiger partial charge is 0.315 e. The normalized spacial score (nSPS) is 10.9. The van der Waals surface area contributed by atoms with Crippen molar-refractivity contribution in [2.75, 3.05) is 19.6 Å². The second-order valence-electron chi connectivity index (χ2n) is 3.84.